The van der Waals surface area contributed by atoms with E-state index in [1.54, 1.807) is 0 Å². The topological polar surface area (TPSA) is 136 Å². The molecule has 0 bridgehead atoms. The maximum absolute atomic E-state index is 12.4. The molecule has 1 fully saturated rings. The highest BCUT2D eigenvalue weighted by Gasteiger charge is 2.42. The van der Waals surface area contributed by atoms with Crippen molar-refractivity contribution in [3.63, 3.8) is 0 Å². The van der Waals surface area contributed by atoms with Gasteiger partial charge < -0.3 is 10.1 Å². The SMILES string of the molecule is O=C(COC(=O)CN1C(=O)c2cccc([N+](=O)[O-])c2C1=O)NC1CCCCCC1. The van der Waals surface area contributed by atoms with E-state index in [1.807, 2.05) is 0 Å². The molecule has 3 rings (SSSR count). The summed E-state index contributed by atoms with van der Waals surface area (Å²) in [6.07, 6.45) is 6.12. The van der Waals surface area contributed by atoms with E-state index in [9.17, 15) is 29.3 Å². The zero-order chi connectivity index (χ0) is 21.0. The average Bonchev–Trinajstić information content (AvgIpc) is 2.87. The maximum atomic E-state index is 12.4. The van der Waals surface area contributed by atoms with Crippen molar-refractivity contribution in [1.82, 2.24) is 10.2 Å². The molecule has 1 N–H and O–H groups in total. The molecule has 0 aromatic heterocycles. The molecule has 1 heterocycles. The molecule has 0 radical (unpaired) electrons. The Kier molecular flexibility index (Phi) is 6.20. The number of nitro benzene ring substituents is 1. The lowest BCUT2D eigenvalue weighted by Crippen LogP contribution is -2.39. The van der Waals surface area contributed by atoms with Crippen molar-refractivity contribution in [2.24, 2.45) is 0 Å². The molecule has 3 amide bonds. The van der Waals surface area contributed by atoms with Gasteiger partial charge in [-0.1, -0.05) is 31.7 Å². The summed E-state index contributed by atoms with van der Waals surface area (Å²) in [6, 6.07) is 3.75. The van der Waals surface area contributed by atoms with Crippen LogP contribution in [0.15, 0.2) is 18.2 Å². The molecule has 1 aliphatic carbocycles. The van der Waals surface area contributed by atoms with Gasteiger partial charge in [-0.3, -0.25) is 34.2 Å². The Hall–Kier alpha value is -3.30. The third kappa shape index (κ3) is 4.58. The summed E-state index contributed by atoms with van der Waals surface area (Å²) < 4.78 is 4.88. The lowest BCUT2D eigenvalue weighted by atomic mass is 10.1. The smallest absolute Gasteiger partial charge is 0.326 e. The first-order valence-corrected chi connectivity index (χ1v) is 9.47. The number of ether oxygens (including phenoxy) is 1. The van der Waals surface area contributed by atoms with Crippen molar-refractivity contribution in [1.29, 1.82) is 0 Å². The average molecular weight is 403 g/mol. The Morgan fingerprint density at radius 1 is 1.14 bits per heavy atom. The summed E-state index contributed by atoms with van der Waals surface area (Å²) in [4.78, 5) is 59.7. The summed E-state index contributed by atoms with van der Waals surface area (Å²) in [7, 11) is 0. The zero-order valence-corrected chi connectivity index (χ0v) is 15.7. The highest BCUT2D eigenvalue weighted by molar-refractivity contribution is 6.24. The number of nitrogens with one attached hydrogen (secondary N) is 1. The van der Waals surface area contributed by atoms with E-state index in [1.165, 1.54) is 12.1 Å². The van der Waals surface area contributed by atoms with Gasteiger partial charge in [0.25, 0.3) is 23.4 Å². The van der Waals surface area contributed by atoms with E-state index in [2.05, 4.69) is 5.32 Å². The number of fused-ring (bicyclic) bond motifs is 1. The van der Waals surface area contributed by atoms with Crippen LogP contribution in [-0.2, 0) is 14.3 Å². The van der Waals surface area contributed by atoms with Crippen molar-refractivity contribution in [2.45, 2.75) is 44.6 Å². The Morgan fingerprint density at radius 3 is 2.48 bits per heavy atom. The van der Waals surface area contributed by atoms with Crippen LogP contribution in [0.25, 0.3) is 0 Å². The number of nitrogens with zero attached hydrogens (tertiary/aromatic N) is 2. The van der Waals surface area contributed by atoms with Crippen molar-refractivity contribution >= 4 is 29.4 Å². The molecule has 2 aliphatic rings. The number of nitro groups is 1. The minimum absolute atomic E-state index is 0.0560. The first kappa shape index (κ1) is 20.4. The lowest BCUT2D eigenvalue weighted by Gasteiger charge is -2.17. The first-order chi connectivity index (χ1) is 13.9. The molecular formula is C19H21N3O7. The van der Waals surface area contributed by atoms with Crippen LogP contribution in [0.5, 0.6) is 0 Å². The van der Waals surface area contributed by atoms with Gasteiger partial charge >= 0.3 is 5.97 Å². The van der Waals surface area contributed by atoms with Crippen LogP contribution in [0.4, 0.5) is 5.69 Å². The molecule has 154 valence electrons. The number of amides is 3. The van der Waals surface area contributed by atoms with E-state index in [-0.39, 0.29) is 17.2 Å². The molecular weight excluding hydrogens is 382 g/mol. The zero-order valence-electron chi connectivity index (χ0n) is 15.7. The van der Waals surface area contributed by atoms with E-state index >= 15 is 0 Å². The monoisotopic (exact) mass is 403 g/mol. The molecule has 10 nitrogen and oxygen atoms in total. The highest BCUT2D eigenvalue weighted by atomic mass is 16.6. The fourth-order valence-corrected chi connectivity index (χ4v) is 3.63. The Balaban J connectivity index is 1.55. The lowest BCUT2D eigenvalue weighted by molar-refractivity contribution is -0.385. The Bertz CT molecular complexity index is 859. The molecule has 1 aromatic carbocycles. The van der Waals surface area contributed by atoms with Gasteiger partial charge in [-0.05, 0) is 18.9 Å². The highest BCUT2D eigenvalue weighted by Crippen LogP contribution is 2.30. The molecule has 1 aliphatic heterocycles. The minimum Gasteiger partial charge on any atom is -0.454 e. The predicted octanol–water partition coefficient (Wildman–Crippen LogP) is 1.57. The van der Waals surface area contributed by atoms with Gasteiger partial charge in [0, 0.05) is 12.1 Å². The quantitative estimate of drug-likeness (QED) is 0.250. The molecule has 1 aromatic rings. The summed E-state index contributed by atoms with van der Waals surface area (Å²) in [5.41, 5.74) is -0.982. The number of carbonyl (C=O) groups is 4. The normalized spacial score (nSPS) is 16.9. The van der Waals surface area contributed by atoms with Crippen molar-refractivity contribution in [2.75, 3.05) is 13.2 Å². The predicted molar refractivity (Wildman–Crippen MR) is 99.1 cm³/mol. The van der Waals surface area contributed by atoms with E-state index < -0.39 is 47.5 Å². The fourth-order valence-electron chi connectivity index (χ4n) is 3.63. The van der Waals surface area contributed by atoms with Gasteiger partial charge in [0.15, 0.2) is 6.61 Å². The molecule has 29 heavy (non-hydrogen) atoms. The van der Waals surface area contributed by atoms with Crippen LogP contribution in [-0.4, -0.2) is 52.7 Å². The van der Waals surface area contributed by atoms with E-state index in [0.29, 0.717) is 4.90 Å². The van der Waals surface area contributed by atoms with Crippen LogP contribution in [0.1, 0.15) is 59.2 Å². The standard InChI is InChI=1S/C19H21N3O7/c23-15(20-12-6-3-1-2-4-7-12)11-29-16(24)10-21-18(25)13-8-5-9-14(22(27)28)17(13)19(21)26/h5,8-9,12H,1-4,6-7,10-11H2,(H,20,23). The van der Waals surface area contributed by atoms with E-state index in [0.717, 1.165) is 44.6 Å². The van der Waals surface area contributed by atoms with Gasteiger partial charge in [-0.15, -0.1) is 0 Å². The van der Waals surface area contributed by atoms with Gasteiger partial charge in [-0.25, -0.2) is 0 Å². The summed E-state index contributed by atoms with van der Waals surface area (Å²) in [6.45, 7) is -1.24. The van der Waals surface area contributed by atoms with Gasteiger partial charge in [0.1, 0.15) is 12.1 Å². The number of carbonyl (C=O) groups excluding carboxylic acids is 4. The number of hydrogen-bond acceptors (Lipinski definition) is 7. The summed E-state index contributed by atoms with van der Waals surface area (Å²) in [5, 5.41) is 13.9. The largest absolute Gasteiger partial charge is 0.454 e. The number of esters is 1. The molecule has 10 heteroatoms. The number of hydrogen-bond donors (Lipinski definition) is 1. The Morgan fingerprint density at radius 2 is 1.83 bits per heavy atom. The summed E-state index contributed by atoms with van der Waals surface area (Å²) in [5.74, 6) is -3.13. The summed E-state index contributed by atoms with van der Waals surface area (Å²) >= 11 is 0. The molecule has 0 spiro atoms. The molecule has 0 atom stereocenters. The van der Waals surface area contributed by atoms with Crippen LogP contribution < -0.4 is 5.32 Å². The number of imide groups is 1. The van der Waals surface area contributed by atoms with Gasteiger partial charge in [0.2, 0.25) is 0 Å². The Labute approximate surface area is 166 Å². The van der Waals surface area contributed by atoms with Crippen molar-refractivity contribution in [3.8, 4) is 0 Å². The second-order valence-electron chi connectivity index (χ2n) is 7.07. The van der Waals surface area contributed by atoms with Crippen molar-refractivity contribution < 1.29 is 28.8 Å². The van der Waals surface area contributed by atoms with Crippen LogP contribution >= 0.6 is 0 Å². The second kappa shape index (κ2) is 8.80. The van der Waals surface area contributed by atoms with Crippen LogP contribution in [0.3, 0.4) is 0 Å². The van der Waals surface area contributed by atoms with Crippen molar-refractivity contribution in [3.05, 3.63) is 39.4 Å². The van der Waals surface area contributed by atoms with Crippen LogP contribution in [0.2, 0.25) is 0 Å². The van der Waals surface area contributed by atoms with Gasteiger partial charge in [-0.2, -0.15) is 0 Å². The number of rotatable bonds is 6. The third-order valence-corrected chi connectivity index (χ3v) is 5.05. The maximum Gasteiger partial charge on any atom is 0.326 e. The third-order valence-electron chi connectivity index (χ3n) is 5.05. The minimum atomic E-state index is -0.946. The molecule has 0 saturated heterocycles. The van der Waals surface area contributed by atoms with Gasteiger partial charge in [0.05, 0.1) is 10.5 Å². The first-order valence-electron chi connectivity index (χ1n) is 9.47. The second-order valence-corrected chi connectivity index (χ2v) is 7.07. The van der Waals surface area contributed by atoms with E-state index in [4.69, 9.17) is 4.74 Å². The van der Waals surface area contributed by atoms with Crippen LogP contribution in [0, 0.1) is 10.1 Å². The number of benzene rings is 1. The molecule has 1 saturated carbocycles. The fraction of sp³-hybridized carbons (Fsp3) is 0.474. The molecule has 0 unspecified atom stereocenters.